The van der Waals surface area contributed by atoms with Crippen LogP contribution in [0, 0.1) is 12.8 Å². The van der Waals surface area contributed by atoms with Crippen LogP contribution in [0.4, 0.5) is 11.4 Å². The molecule has 186 valence electrons. The van der Waals surface area contributed by atoms with Crippen molar-refractivity contribution in [2.24, 2.45) is 5.92 Å². The summed E-state index contributed by atoms with van der Waals surface area (Å²) in [5.74, 6) is -0.544. The van der Waals surface area contributed by atoms with Crippen molar-refractivity contribution in [3.05, 3.63) is 87.9 Å². The van der Waals surface area contributed by atoms with E-state index >= 15 is 0 Å². The number of carbonyl (C=O) groups excluding carboxylic acids is 3. The monoisotopic (exact) mass is 525 g/mol. The maximum absolute atomic E-state index is 12.6. The standard InChI is InChI=1S/C27H25Cl2N3O4/c1-17-2-4-18(5-3-17)14-30-27(35)19-12-26(34)32(15-19)21-7-9-22(10-8-21)36-16-25(33)31-20-6-11-23(28)24(29)13-20/h2-11,13,19H,12,14-16H2,1H3,(H,30,35)(H,31,33). The van der Waals surface area contributed by atoms with E-state index in [9.17, 15) is 14.4 Å². The Bertz CT molecular complexity index is 1260. The van der Waals surface area contributed by atoms with E-state index in [1.807, 2.05) is 31.2 Å². The van der Waals surface area contributed by atoms with Gasteiger partial charge in [-0.1, -0.05) is 53.0 Å². The van der Waals surface area contributed by atoms with Gasteiger partial charge in [0, 0.05) is 30.9 Å². The second-order valence-corrected chi connectivity index (χ2v) is 9.38. The smallest absolute Gasteiger partial charge is 0.262 e. The summed E-state index contributed by atoms with van der Waals surface area (Å²) >= 11 is 11.8. The fourth-order valence-electron chi connectivity index (χ4n) is 3.81. The SMILES string of the molecule is Cc1ccc(CNC(=O)C2CC(=O)N(c3ccc(OCC(=O)Nc4ccc(Cl)c(Cl)c4)cc3)C2)cc1. The van der Waals surface area contributed by atoms with E-state index in [2.05, 4.69) is 10.6 Å². The number of amides is 3. The Morgan fingerprint density at radius 1 is 1.00 bits per heavy atom. The molecule has 3 amide bonds. The highest BCUT2D eigenvalue weighted by atomic mass is 35.5. The van der Waals surface area contributed by atoms with Gasteiger partial charge in [-0.15, -0.1) is 0 Å². The van der Waals surface area contributed by atoms with E-state index in [1.165, 1.54) is 0 Å². The summed E-state index contributed by atoms with van der Waals surface area (Å²) in [6, 6.07) is 19.6. The van der Waals surface area contributed by atoms with Crippen LogP contribution in [0.2, 0.25) is 10.0 Å². The zero-order chi connectivity index (χ0) is 25.7. The van der Waals surface area contributed by atoms with Crippen LogP contribution < -0.4 is 20.3 Å². The van der Waals surface area contributed by atoms with Gasteiger partial charge in [-0.2, -0.15) is 0 Å². The summed E-state index contributed by atoms with van der Waals surface area (Å²) in [6.07, 6.45) is 0.160. The fourth-order valence-corrected chi connectivity index (χ4v) is 4.11. The van der Waals surface area contributed by atoms with Crippen molar-refractivity contribution in [3.8, 4) is 5.75 Å². The maximum Gasteiger partial charge on any atom is 0.262 e. The van der Waals surface area contributed by atoms with Crippen LogP contribution in [0.1, 0.15) is 17.5 Å². The molecule has 9 heteroatoms. The Labute approximate surface area is 219 Å². The van der Waals surface area contributed by atoms with Gasteiger partial charge >= 0.3 is 0 Å². The quantitative estimate of drug-likeness (QED) is 0.433. The molecular formula is C27H25Cl2N3O4. The molecule has 1 unspecified atom stereocenters. The molecule has 1 aliphatic rings. The second-order valence-electron chi connectivity index (χ2n) is 8.57. The van der Waals surface area contributed by atoms with E-state index in [1.54, 1.807) is 47.4 Å². The molecule has 0 aromatic heterocycles. The minimum Gasteiger partial charge on any atom is -0.484 e. The molecule has 2 N–H and O–H groups in total. The van der Waals surface area contributed by atoms with Crippen molar-refractivity contribution >= 4 is 52.3 Å². The molecule has 0 bridgehead atoms. The van der Waals surface area contributed by atoms with Gasteiger partial charge in [-0.05, 0) is 55.0 Å². The number of carbonyl (C=O) groups is 3. The van der Waals surface area contributed by atoms with Gasteiger partial charge in [0.25, 0.3) is 5.91 Å². The van der Waals surface area contributed by atoms with E-state index < -0.39 is 5.92 Å². The number of nitrogens with one attached hydrogen (secondary N) is 2. The van der Waals surface area contributed by atoms with E-state index in [0.29, 0.717) is 40.3 Å². The van der Waals surface area contributed by atoms with Crippen LogP contribution in [0.3, 0.4) is 0 Å². The first kappa shape index (κ1) is 25.5. The molecule has 1 aliphatic heterocycles. The first-order valence-electron chi connectivity index (χ1n) is 11.4. The third kappa shape index (κ3) is 6.56. The number of nitrogens with zero attached hydrogens (tertiary/aromatic N) is 1. The van der Waals surface area contributed by atoms with Crippen LogP contribution in [-0.2, 0) is 20.9 Å². The third-order valence-electron chi connectivity index (χ3n) is 5.80. The molecule has 0 radical (unpaired) electrons. The first-order valence-corrected chi connectivity index (χ1v) is 12.2. The Balaban J connectivity index is 1.26. The van der Waals surface area contributed by atoms with Gasteiger partial charge < -0.3 is 20.3 Å². The molecule has 0 spiro atoms. The number of rotatable bonds is 8. The van der Waals surface area contributed by atoms with Crippen LogP contribution in [0.25, 0.3) is 0 Å². The number of anilines is 2. The van der Waals surface area contributed by atoms with Crippen molar-refractivity contribution < 1.29 is 19.1 Å². The Hall–Kier alpha value is -3.55. The van der Waals surface area contributed by atoms with Crippen molar-refractivity contribution in [2.75, 3.05) is 23.4 Å². The lowest BCUT2D eigenvalue weighted by molar-refractivity contribution is -0.126. The molecule has 1 saturated heterocycles. The van der Waals surface area contributed by atoms with Crippen molar-refractivity contribution in [1.29, 1.82) is 0 Å². The summed E-state index contributed by atoms with van der Waals surface area (Å²) in [7, 11) is 0. The van der Waals surface area contributed by atoms with Gasteiger partial charge in [0.05, 0.1) is 16.0 Å². The Morgan fingerprint density at radius 2 is 1.72 bits per heavy atom. The third-order valence-corrected chi connectivity index (χ3v) is 6.54. The average Bonchev–Trinajstić information content (AvgIpc) is 3.26. The lowest BCUT2D eigenvalue weighted by Gasteiger charge is -2.17. The Kier molecular flexibility index (Phi) is 8.13. The van der Waals surface area contributed by atoms with Crippen LogP contribution in [-0.4, -0.2) is 30.9 Å². The Morgan fingerprint density at radius 3 is 2.42 bits per heavy atom. The molecule has 0 aliphatic carbocycles. The van der Waals surface area contributed by atoms with Crippen molar-refractivity contribution in [3.63, 3.8) is 0 Å². The van der Waals surface area contributed by atoms with Crippen molar-refractivity contribution in [2.45, 2.75) is 19.9 Å². The fraction of sp³-hybridized carbons (Fsp3) is 0.222. The topological polar surface area (TPSA) is 87.7 Å². The summed E-state index contributed by atoms with van der Waals surface area (Å²) in [6.45, 7) is 2.54. The second kappa shape index (κ2) is 11.5. The number of hydrogen-bond donors (Lipinski definition) is 2. The average molecular weight is 526 g/mol. The lowest BCUT2D eigenvalue weighted by Crippen LogP contribution is -2.32. The predicted molar refractivity (Wildman–Crippen MR) is 141 cm³/mol. The molecule has 7 nitrogen and oxygen atoms in total. The number of halogens is 2. The highest BCUT2D eigenvalue weighted by molar-refractivity contribution is 6.42. The molecule has 36 heavy (non-hydrogen) atoms. The first-order chi connectivity index (χ1) is 17.3. The largest absolute Gasteiger partial charge is 0.484 e. The molecule has 1 atom stereocenters. The number of hydrogen-bond acceptors (Lipinski definition) is 4. The van der Waals surface area contributed by atoms with Gasteiger partial charge in [-0.25, -0.2) is 0 Å². The highest BCUT2D eigenvalue weighted by Gasteiger charge is 2.35. The van der Waals surface area contributed by atoms with Crippen LogP contribution >= 0.6 is 23.2 Å². The molecule has 0 saturated carbocycles. The lowest BCUT2D eigenvalue weighted by atomic mass is 10.1. The molecule has 1 fully saturated rings. The summed E-state index contributed by atoms with van der Waals surface area (Å²) in [5, 5.41) is 6.35. The van der Waals surface area contributed by atoms with Crippen LogP contribution in [0.5, 0.6) is 5.75 Å². The highest BCUT2D eigenvalue weighted by Crippen LogP contribution is 2.27. The zero-order valence-corrected chi connectivity index (χ0v) is 21.1. The summed E-state index contributed by atoms with van der Waals surface area (Å²) < 4.78 is 5.54. The zero-order valence-electron chi connectivity index (χ0n) is 19.6. The maximum atomic E-state index is 12.6. The van der Waals surface area contributed by atoms with Crippen molar-refractivity contribution in [1.82, 2.24) is 5.32 Å². The van der Waals surface area contributed by atoms with Crippen LogP contribution in [0.15, 0.2) is 66.7 Å². The molecule has 3 aromatic rings. The number of ether oxygens (including phenoxy) is 1. The van der Waals surface area contributed by atoms with E-state index in [-0.39, 0.29) is 30.7 Å². The normalized spacial score (nSPS) is 15.0. The minimum atomic E-state index is -0.413. The summed E-state index contributed by atoms with van der Waals surface area (Å²) in [5.41, 5.74) is 3.35. The van der Waals surface area contributed by atoms with Gasteiger partial charge in [0.15, 0.2) is 6.61 Å². The van der Waals surface area contributed by atoms with E-state index in [4.69, 9.17) is 27.9 Å². The number of aryl methyl sites for hydroxylation is 1. The van der Waals surface area contributed by atoms with Gasteiger partial charge in [-0.3, -0.25) is 14.4 Å². The van der Waals surface area contributed by atoms with E-state index in [0.717, 1.165) is 11.1 Å². The molecular weight excluding hydrogens is 501 g/mol. The molecule has 4 rings (SSSR count). The number of benzene rings is 3. The summed E-state index contributed by atoms with van der Waals surface area (Å²) in [4.78, 5) is 38.9. The van der Waals surface area contributed by atoms with Gasteiger partial charge in [0.1, 0.15) is 5.75 Å². The minimum absolute atomic E-state index is 0.111. The molecule has 3 aromatic carbocycles. The molecule has 1 heterocycles. The predicted octanol–water partition coefficient (Wildman–Crippen LogP) is 4.99. The van der Waals surface area contributed by atoms with Gasteiger partial charge in [0.2, 0.25) is 11.8 Å².